The van der Waals surface area contributed by atoms with Gasteiger partial charge in [-0.1, -0.05) is 38.0 Å². The molecule has 0 saturated carbocycles. The summed E-state index contributed by atoms with van der Waals surface area (Å²) >= 11 is 0. The number of unbranched alkanes of at least 4 members (excludes halogenated alkanes) is 4. The molecule has 0 saturated heterocycles. The van der Waals surface area contributed by atoms with Crippen molar-refractivity contribution in [3.05, 3.63) is 29.6 Å². The van der Waals surface area contributed by atoms with Crippen LogP contribution in [0.15, 0.2) is 18.3 Å². The number of ether oxygens (including phenoxy) is 1. The number of carbonyl (C=O) groups excluding carboxylic acids is 1. The lowest BCUT2D eigenvalue weighted by Crippen LogP contribution is -2.09. The monoisotopic (exact) mass is 259 g/mol. The number of esters is 1. The maximum absolute atomic E-state index is 11.7. The minimum absolute atomic E-state index is 0.311. The summed E-state index contributed by atoms with van der Waals surface area (Å²) in [4.78, 5) is 15.7. The standard InChI is InChI=1S/C16H21NO2/c1-3-5-6-7-8-9-11-14-12-10-13-17-15(14)16(18)19-4-2/h10,12-13H,3-8H2,1-2H3. The summed E-state index contributed by atoms with van der Waals surface area (Å²) in [5.74, 6) is 5.71. The third-order valence-corrected chi connectivity index (χ3v) is 2.65. The molecule has 0 aliphatic carbocycles. The minimum atomic E-state index is -0.404. The molecule has 19 heavy (non-hydrogen) atoms. The molecule has 0 atom stereocenters. The molecule has 0 amide bonds. The van der Waals surface area contributed by atoms with Crippen LogP contribution in [0.1, 0.15) is 62.0 Å². The van der Waals surface area contributed by atoms with E-state index < -0.39 is 5.97 Å². The quantitative estimate of drug-likeness (QED) is 0.445. The van der Waals surface area contributed by atoms with E-state index in [0.717, 1.165) is 12.8 Å². The van der Waals surface area contributed by atoms with Crippen molar-refractivity contribution in [2.45, 2.75) is 46.0 Å². The third-order valence-electron chi connectivity index (χ3n) is 2.65. The lowest BCUT2D eigenvalue weighted by molar-refractivity contribution is 0.0519. The van der Waals surface area contributed by atoms with Crippen LogP contribution in [-0.4, -0.2) is 17.6 Å². The van der Waals surface area contributed by atoms with Crippen molar-refractivity contribution in [3.63, 3.8) is 0 Å². The Morgan fingerprint density at radius 1 is 1.32 bits per heavy atom. The molecule has 1 rings (SSSR count). The molecule has 0 fully saturated rings. The van der Waals surface area contributed by atoms with Gasteiger partial charge in [-0.05, 0) is 25.5 Å². The van der Waals surface area contributed by atoms with E-state index in [2.05, 4.69) is 23.7 Å². The maximum atomic E-state index is 11.7. The zero-order valence-electron chi connectivity index (χ0n) is 11.7. The largest absolute Gasteiger partial charge is 0.461 e. The van der Waals surface area contributed by atoms with Crippen molar-refractivity contribution in [1.29, 1.82) is 0 Å². The second kappa shape index (κ2) is 9.16. The molecule has 0 radical (unpaired) electrons. The van der Waals surface area contributed by atoms with Gasteiger partial charge in [0.15, 0.2) is 5.69 Å². The van der Waals surface area contributed by atoms with Crippen molar-refractivity contribution < 1.29 is 9.53 Å². The molecular weight excluding hydrogens is 238 g/mol. The van der Waals surface area contributed by atoms with E-state index >= 15 is 0 Å². The molecule has 0 bridgehead atoms. The van der Waals surface area contributed by atoms with E-state index in [9.17, 15) is 4.79 Å². The van der Waals surface area contributed by atoms with Gasteiger partial charge in [-0.25, -0.2) is 9.78 Å². The zero-order valence-corrected chi connectivity index (χ0v) is 11.7. The fraction of sp³-hybridized carbons (Fsp3) is 0.500. The van der Waals surface area contributed by atoms with E-state index in [4.69, 9.17) is 4.74 Å². The van der Waals surface area contributed by atoms with Crippen LogP contribution in [-0.2, 0) is 4.74 Å². The molecule has 0 aliphatic heterocycles. The Morgan fingerprint density at radius 3 is 2.89 bits per heavy atom. The van der Waals surface area contributed by atoms with Crippen LogP contribution < -0.4 is 0 Å². The fourth-order valence-corrected chi connectivity index (χ4v) is 1.67. The normalized spacial score (nSPS) is 9.58. The zero-order chi connectivity index (χ0) is 13.9. The first-order chi connectivity index (χ1) is 9.29. The molecular formula is C16H21NO2. The molecule has 3 heteroatoms. The Labute approximate surface area is 115 Å². The summed E-state index contributed by atoms with van der Waals surface area (Å²) < 4.78 is 4.96. The van der Waals surface area contributed by atoms with Gasteiger partial charge in [0.1, 0.15) is 0 Å². The van der Waals surface area contributed by atoms with Crippen LogP contribution >= 0.6 is 0 Å². The van der Waals surface area contributed by atoms with Gasteiger partial charge in [0, 0.05) is 12.6 Å². The summed E-state index contributed by atoms with van der Waals surface area (Å²) in [5, 5.41) is 0. The van der Waals surface area contributed by atoms with E-state index in [-0.39, 0.29) is 0 Å². The Morgan fingerprint density at radius 2 is 2.16 bits per heavy atom. The van der Waals surface area contributed by atoms with Crippen LogP contribution in [0.5, 0.6) is 0 Å². The van der Waals surface area contributed by atoms with Gasteiger partial charge in [0.2, 0.25) is 0 Å². The molecule has 0 spiro atoms. The first-order valence-corrected chi connectivity index (χ1v) is 6.90. The van der Waals surface area contributed by atoms with Crippen molar-refractivity contribution in [3.8, 4) is 11.8 Å². The third kappa shape index (κ3) is 5.56. The maximum Gasteiger partial charge on any atom is 0.358 e. The number of hydrogen-bond acceptors (Lipinski definition) is 3. The average molecular weight is 259 g/mol. The van der Waals surface area contributed by atoms with Crippen molar-refractivity contribution in [2.75, 3.05) is 6.61 Å². The average Bonchev–Trinajstić information content (AvgIpc) is 2.43. The van der Waals surface area contributed by atoms with Gasteiger partial charge in [0.25, 0.3) is 0 Å². The summed E-state index contributed by atoms with van der Waals surface area (Å²) in [6, 6.07) is 3.59. The number of carbonyl (C=O) groups is 1. The SMILES string of the molecule is CCCCCCC#Cc1cccnc1C(=O)OCC. The number of hydrogen-bond donors (Lipinski definition) is 0. The Hall–Kier alpha value is -1.82. The van der Waals surface area contributed by atoms with E-state index in [1.54, 1.807) is 25.3 Å². The van der Waals surface area contributed by atoms with Crippen molar-refractivity contribution in [1.82, 2.24) is 4.98 Å². The second-order valence-corrected chi connectivity index (χ2v) is 4.23. The lowest BCUT2D eigenvalue weighted by Gasteiger charge is -2.02. The van der Waals surface area contributed by atoms with Gasteiger partial charge in [0.05, 0.1) is 12.2 Å². The van der Waals surface area contributed by atoms with E-state index in [1.807, 2.05) is 0 Å². The molecule has 102 valence electrons. The van der Waals surface area contributed by atoms with Gasteiger partial charge in [-0.3, -0.25) is 0 Å². The fourth-order valence-electron chi connectivity index (χ4n) is 1.67. The predicted molar refractivity (Wildman–Crippen MR) is 75.8 cm³/mol. The highest BCUT2D eigenvalue weighted by Crippen LogP contribution is 2.06. The summed E-state index contributed by atoms with van der Waals surface area (Å²) in [7, 11) is 0. The molecule has 3 nitrogen and oxygen atoms in total. The first kappa shape index (κ1) is 15.2. The van der Waals surface area contributed by atoms with Crippen LogP contribution in [0.4, 0.5) is 0 Å². The Bertz CT molecular complexity index is 457. The molecule has 0 aliphatic rings. The van der Waals surface area contributed by atoms with Crippen LogP contribution in [0.25, 0.3) is 0 Å². The second-order valence-electron chi connectivity index (χ2n) is 4.23. The first-order valence-electron chi connectivity index (χ1n) is 6.90. The minimum Gasteiger partial charge on any atom is -0.461 e. The number of aromatic nitrogens is 1. The Balaban J connectivity index is 2.62. The summed E-state index contributed by atoms with van der Waals surface area (Å²) in [5.41, 5.74) is 0.960. The van der Waals surface area contributed by atoms with E-state index in [1.165, 1.54) is 19.3 Å². The van der Waals surface area contributed by atoms with Crippen LogP contribution in [0, 0.1) is 11.8 Å². The smallest absolute Gasteiger partial charge is 0.358 e. The number of pyridine rings is 1. The van der Waals surface area contributed by atoms with E-state index in [0.29, 0.717) is 17.9 Å². The Kier molecular flexibility index (Phi) is 7.34. The van der Waals surface area contributed by atoms with Gasteiger partial charge in [-0.15, -0.1) is 0 Å². The number of nitrogens with zero attached hydrogens (tertiary/aromatic N) is 1. The van der Waals surface area contributed by atoms with Crippen molar-refractivity contribution >= 4 is 5.97 Å². The molecule has 0 aromatic carbocycles. The van der Waals surface area contributed by atoms with Crippen molar-refractivity contribution in [2.24, 2.45) is 0 Å². The summed E-state index contributed by atoms with van der Waals surface area (Å²) in [6.45, 7) is 4.31. The molecule has 1 aromatic heterocycles. The predicted octanol–water partition coefficient (Wildman–Crippen LogP) is 3.58. The topological polar surface area (TPSA) is 39.2 Å². The summed E-state index contributed by atoms with van der Waals surface area (Å²) in [6.07, 6.45) is 7.24. The molecule has 0 N–H and O–H groups in total. The molecule has 1 aromatic rings. The van der Waals surface area contributed by atoms with Crippen LogP contribution in [0.2, 0.25) is 0 Å². The molecule has 0 unspecified atom stereocenters. The van der Waals surface area contributed by atoms with Gasteiger partial charge in [-0.2, -0.15) is 0 Å². The van der Waals surface area contributed by atoms with Crippen LogP contribution in [0.3, 0.4) is 0 Å². The molecule has 1 heterocycles. The van der Waals surface area contributed by atoms with Gasteiger partial charge >= 0.3 is 5.97 Å². The highest BCUT2D eigenvalue weighted by Gasteiger charge is 2.11. The highest BCUT2D eigenvalue weighted by molar-refractivity contribution is 5.90. The van der Waals surface area contributed by atoms with Gasteiger partial charge < -0.3 is 4.74 Å². The number of rotatable bonds is 6. The highest BCUT2D eigenvalue weighted by atomic mass is 16.5. The lowest BCUT2D eigenvalue weighted by atomic mass is 10.1.